The molecule has 1 aromatic rings. The van der Waals surface area contributed by atoms with Gasteiger partial charge in [-0.3, -0.25) is 4.79 Å². The van der Waals surface area contributed by atoms with Gasteiger partial charge in [0.25, 0.3) is 5.78 Å². The van der Waals surface area contributed by atoms with Gasteiger partial charge < -0.3 is 4.74 Å². The highest BCUT2D eigenvalue weighted by Crippen LogP contribution is 2.31. The molecule has 1 heterocycles. The largest absolute Gasteiger partial charge is 0.456 e. The number of hydrogen-bond donors (Lipinski definition) is 1. The molecule has 26 heavy (non-hydrogen) atoms. The molecular formula is C17H13Cl2NO6. The van der Waals surface area contributed by atoms with Crippen LogP contribution in [0.4, 0.5) is 0 Å². The van der Waals surface area contributed by atoms with Crippen molar-refractivity contribution in [3.05, 3.63) is 70.5 Å². The maximum atomic E-state index is 12.4. The highest BCUT2D eigenvalue weighted by atomic mass is 35.7. The summed E-state index contributed by atoms with van der Waals surface area (Å²) >= 11 is 5.96. The van der Waals surface area contributed by atoms with Crippen molar-refractivity contribution in [2.75, 3.05) is 7.05 Å². The minimum atomic E-state index is -4.94. The number of carbonyl (C=O) groups excluding carboxylic acids is 1. The third-order valence-corrected chi connectivity index (χ3v) is 3.50. The number of rotatable bonds is 0. The average Bonchev–Trinajstić information content (AvgIpc) is 2.74. The normalized spacial score (nSPS) is 20.2. The lowest BCUT2D eigenvalue weighted by Gasteiger charge is -2.17. The molecule has 0 radical (unpaired) electrons. The fourth-order valence-corrected chi connectivity index (χ4v) is 2.38. The quantitative estimate of drug-likeness (QED) is 0.466. The molecular weight excluding hydrogens is 385 g/mol. The van der Waals surface area contributed by atoms with Crippen molar-refractivity contribution >= 4 is 29.2 Å². The molecule has 136 valence electrons. The van der Waals surface area contributed by atoms with Crippen LogP contribution in [-0.4, -0.2) is 18.5 Å². The Morgan fingerprint density at radius 2 is 1.69 bits per heavy atom. The fourth-order valence-electron chi connectivity index (χ4n) is 2.20. The van der Waals surface area contributed by atoms with Crippen LogP contribution >= 0.6 is 11.6 Å². The Hall–Kier alpha value is -2.26. The number of fused-ring (bicyclic) bond motifs is 1. The van der Waals surface area contributed by atoms with Crippen LogP contribution in [0.15, 0.2) is 59.9 Å². The molecule has 9 heteroatoms. The Bertz CT molecular complexity index is 856. The number of ketones is 1. The molecule has 7 nitrogen and oxygen atoms in total. The van der Waals surface area contributed by atoms with E-state index in [9.17, 15) is 4.79 Å². The van der Waals surface area contributed by atoms with E-state index in [1.54, 1.807) is 37.4 Å². The van der Waals surface area contributed by atoms with Crippen molar-refractivity contribution in [1.82, 2.24) is 0 Å². The van der Waals surface area contributed by atoms with E-state index in [2.05, 4.69) is 4.99 Å². The number of Topliss-reactive ketones (excluding diaryl/α,β-unsaturated/α-hetero) is 1. The summed E-state index contributed by atoms with van der Waals surface area (Å²) in [6.45, 7) is 0. The number of halogens is 2. The Labute approximate surface area is 156 Å². The van der Waals surface area contributed by atoms with Gasteiger partial charge in [0.1, 0.15) is 18.6 Å². The fraction of sp³-hybridized carbons (Fsp3) is 0.0588. The first kappa shape index (κ1) is 20.1. The van der Waals surface area contributed by atoms with E-state index in [1.165, 1.54) is 0 Å². The molecule has 0 unspecified atom stereocenters. The second kappa shape index (κ2) is 8.41. The summed E-state index contributed by atoms with van der Waals surface area (Å²) < 4.78 is 39.8. The lowest BCUT2D eigenvalue weighted by atomic mass is 10.0. The van der Waals surface area contributed by atoms with Gasteiger partial charge in [0, 0.05) is 16.7 Å². The maximum Gasteiger partial charge on any atom is 0.259 e. The molecule has 1 N–H and O–H groups in total. The zero-order valence-corrected chi connectivity index (χ0v) is 14.9. The maximum absolute atomic E-state index is 12.4. The van der Waals surface area contributed by atoms with Gasteiger partial charge in [0.2, 0.25) is 5.71 Å². The zero-order valence-electron chi connectivity index (χ0n) is 13.4. The summed E-state index contributed by atoms with van der Waals surface area (Å²) in [6, 6.07) is 5.39. The molecule has 1 aromatic carbocycles. The van der Waals surface area contributed by atoms with Crippen LogP contribution < -0.4 is 28.4 Å². The van der Waals surface area contributed by atoms with Crippen molar-refractivity contribution in [2.45, 2.75) is 0 Å². The number of ether oxygens (including phenoxy) is 1. The molecule has 0 amide bonds. The summed E-state index contributed by atoms with van der Waals surface area (Å²) in [5.74, 6) is 1.12. The summed E-state index contributed by atoms with van der Waals surface area (Å²) in [6.07, 6.45) is 10.8. The number of carbonyl (C=O) groups is 1. The average molecular weight is 398 g/mol. The van der Waals surface area contributed by atoms with Gasteiger partial charge >= 0.3 is 0 Å². The van der Waals surface area contributed by atoms with Crippen LogP contribution in [0.3, 0.4) is 0 Å². The van der Waals surface area contributed by atoms with Gasteiger partial charge in [-0.05, 0) is 36.4 Å². The topological polar surface area (TPSA) is 133 Å². The molecule has 1 aliphatic carbocycles. The summed E-state index contributed by atoms with van der Waals surface area (Å²) in [5.41, 5.74) is 1.94. The molecule has 0 fully saturated rings. The summed E-state index contributed by atoms with van der Waals surface area (Å²) in [4.78, 5) is 15.3. The monoisotopic (exact) mass is 397 g/mol. The van der Waals surface area contributed by atoms with Gasteiger partial charge in [0.05, 0.1) is 5.57 Å². The first-order chi connectivity index (χ1) is 12.2. The van der Waals surface area contributed by atoms with Crippen molar-refractivity contribution in [3.63, 3.8) is 0 Å². The van der Waals surface area contributed by atoms with Crippen LogP contribution in [0.2, 0.25) is 5.02 Å². The Morgan fingerprint density at radius 3 is 2.35 bits per heavy atom. The third-order valence-electron chi connectivity index (χ3n) is 3.27. The van der Waals surface area contributed by atoms with Crippen LogP contribution in [0.1, 0.15) is 5.56 Å². The van der Waals surface area contributed by atoms with Crippen LogP contribution in [-0.2, 0) is 4.79 Å². The minimum Gasteiger partial charge on any atom is -0.456 e. The van der Waals surface area contributed by atoms with Crippen LogP contribution in [0.25, 0.3) is 6.08 Å². The number of benzene rings is 1. The van der Waals surface area contributed by atoms with E-state index in [4.69, 9.17) is 35.0 Å². The molecule has 0 saturated carbocycles. The lowest BCUT2D eigenvalue weighted by molar-refractivity contribution is -2.00. The minimum absolute atomic E-state index is 0.0976. The van der Waals surface area contributed by atoms with Crippen LogP contribution in [0.5, 0.6) is 5.75 Å². The first-order valence-electron chi connectivity index (χ1n) is 7.14. The summed E-state index contributed by atoms with van der Waals surface area (Å²) in [5, 5.41) is 0.651. The summed E-state index contributed by atoms with van der Waals surface area (Å²) in [7, 11) is -3.22. The molecule has 0 bridgehead atoms. The molecule has 0 spiro atoms. The van der Waals surface area contributed by atoms with E-state index >= 15 is 0 Å². The van der Waals surface area contributed by atoms with Crippen LogP contribution in [0, 0.1) is 10.2 Å². The molecule has 0 aromatic heterocycles. The standard InChI is InChI=1S/C17H12ClNO2.ClHO4/c1-19-14-5-3-2-4-13(17(14)20)16-8-6-11-10-12(18)7-9-15(11)21-16;2-1(3,4)5/h2-10H,1H3;(H,2,3,4,5)/b16-13-,19-14?;. The van der Waals surface area contributed by atoms with E-state index in [0.717, 1.165) is 5.56 Å². The Kier molecular flexibility index (Phi) is 6.49. The van der Waals surface area contributed by atoms with Gasteiger partial charge in [-0.1, -0.05) is 23.8 Å². The van der Waals surface area contributed by atoms with E-state index in [0.29, 0.717) is 27.8 Å². The van der Waals surface area contributed by atoms with E-state index in [-0.39, 0.29) is 5.78 Å². The molecule has 0 saturated heterocycles. The van der Waals surface area contributed by atoms with Gasteiger partial charge in [0.15, 0.2) is 0 Å². The number of allylic oxidation sites excluding steroid dienone is 6. The van der Waals surface area contributed by atoms with E-state index in [1.807, 2.05) is 24.3 Å². The second-order valence-electron chi connectivity index (χ2n) is 4.98. The lowest BCUT2D eigenvalue weighted by Crippen LogP contribution is -2.69. The van der Waals surface area contributed by atoms with Gasteiger partial charge in [-0.2, -0.15) is 0 Å². The van der Waals surface area contributed by atoms with Gasteiger partial charge in [-0.15, -0.1) is 10.2 Å². The number of nitrogens with one attached hydrogen (secondary N) is 1. The Balaban J connectivity index is 0.000000431. The SMILES string of the molecule is C[NH+]=C1C=CC=C/C(=C2\C=Cc3cc(Cl)ccc3O2)C1=O.[O-][Cl+3]([O-])([O-])[O-]. The van der Waals surface area contributed by atoms with Gasteiger partial charge in [-0.25, -0.2) is 23.6 Å². The first-order valence-corrected chi connectivity index (χ1v) is 8.76. The smallest absolute Gasteiger partial charge is 0.259 e. The molecule has 3 rings (SSSR count). The molecule has 2 aliphatic rings. The predicted octanol–water partition coefficient (Wildman–Crippen LogP) is -2.91. The van der Waals surface area contributed by atoms with Crippen molar-refractivity contribution in [3.8, 4) is 5.75 Å². The second-order valence-corrected chi connectivity index (χ2v) is 6.18. The third kappa shape index (κ3) is 5.63. The Morgan fingerprint density at radius 1 is 1.04 bits per heavy atom. The molecule has 0 atom stereocenters. The molecule has 1 aliphatic heterocycles. The van der Waals surface area contributed by atoms with Crippen molar-refractivity contribution < 1.29 is 43.4 Å². The predicted molar refractivity (Wildman–Crippen MR) is 83.3 cm³/mol. The zero-order chi connectivity index (χ0) is 19.3. The van der Waals surface area contributed by atoms with Crippen molar-refractivity contribution in [1.29, 1.82) is 0 Å². The van der Waals surface area contributed by atoms with E-state index < -0.39 is 10.2 Å². The highest BCUT2D eigenvalue weighted by Gasteiger charge is 2.24. The number of hydrogen-bond acceptors (Lipinski definition) is 6. The van der Waals surface area contributed by atoms with Crippen molar-refractivity contribution in [2.24, 2.45) is 0 Å². The highest BCUT2D eigenvalue weighted by molar-refractivity contribution is 6.48.